The molecular weight excluding hydrogens is 226 g/mol. The van der Waals surface area contributed by atoms with Crippen molar-refractivity contribution in [3.8, 4) is 0 Å². The highest BCUT2D eigenvalue weighted by Crippen LogP contribution is 2.25. The first kappa shape index (κ1) is 14.6. The number of hydrogen-bond acceptors (Lipinski definition) is 2. The molecule has 1 nitrogen and oxygen atoms in total. The van der Waals surface area contributed by atoms with E-state index < -0.39 is 0 Å². The molecule has 2 atom stereocenters. The predicted molar refractivity (Wildman–Crippen MR) is 79.6 cm³/mol. The highest BCUT2D eigenvalue weighted by molar-refractivity contribution is 7.99. The first-order chi connectivity index (χ1) is 7.91. The second-order valence-electron chi connectivity index (χ2n) is 5.25. The van der Waals surface area contributed by atoms with Gasteiger partial charge in [-0.15, -0.1) is 0 Å². The van der Waals surface area contributed by atoms with Gasteiger partial charge >= 0.3 is 0 Å². The highest BCUT2D eigenvalue weighted by atomic mass is 32.2. The van der Waals surface area contributed by atoms with Gasteiger partial charge in [-0.05, 0) is 30.9 Å². The average molecular weight is 251 g/mol. The van der Waals surface area contributed by atoms with Gasteiger partial charge in [0.15, 0.2) is 0 Å². The Hall–Kier alpha value is -0.470. The highest BCUT2D eigenvalue weighted by Gasteiger charge is 2.13. The Bertz CT molecular complexity index is 360. The molecule has 96 valence electrons. The zero-order valence-corrected chi connectivity index (χ0v) is 12.5. The van der Waals surface area contributed by atoms with Gasteiger partial charge in [0, 0.05) is 17.0 Å². The number of rotatable bonds is 5. The third-order valence-electron chi connectivity index (χ3n) is 3.30. The van der Waals surface area contributed by atoms with Crippen LogP contribution in [0.1, 0.15) is 43.5 Å². The Kier molecular flexibility index (Phi) is 5.54. The summed E-state index contributed by atoms with van der Waals surface area (Å²) in [6.45, 7) is 11.1. The van der Waals surface area contributed by atoms with Crippen molar-refractivity contribution in [2.45, 2.75) is 45.9 Å². The Labute approximate surface area is 110 Å². The summed E-state index contributed by atoms with van der Waals surface area (Å²) in [6.07, 6.45) is 0. The Morgan fingerprint density at radius 3 is 2.35 bits per heavy atom. The molecule has 1 aromatic carbocycles. The van der Waals surface area contributed by atoms with Crippen molar-refractivity contribution in [2.75, 3.05) is 5.75 Å². The second kappa shape index (κ2) is 6.46. The maximum atomic E-state index is 6.27. The molecule has 17 heavy (non-hydrogen) atoms. The van der Waals surface area contributed by atoms with Crippen LogP contribution in [0.3, 0.4) is 0 Å². The van der Waals surface area contributed by atoms with Crippen LogP contribution < -0.4 is 5.73 Å². The molecule has 2 heteroatoms. The van der Waals surface area contributed by atoms with Crippen LogP contribution in [-0.2, 0) is 0 Å². The van der Waals surface area contributed by atoms with Crippen LogP contribution in [0.2, 0.25) is 0 Å². The first-order valence-corrected chi connectivity index (χ1v) is 7.41. The van der Waals surface area contributed by atoms with Crippen LogP contribution in [-0.4, -0.2) is 11.0 Å². The standard InChI is InChI=1S/C15H25NS/c1-10(2)13(5)17-9-15(16)14-7-6-11(3)8-12(14)4/h6-8,10,13,15H,9,16H2,1-5H3. The molecule has 0 aliphatic carbocycles. The van der Waals surface area contributed by atoms with Gasteiger partial charge in [0.1, 0.15) is 0 Å². The van der Waals surface area contributed by atoms with E-state index in [2.05, 4.69) is 52.8 Å². The number of aryl methyl sites for hydroxylation is 2. The van der Waals surface area contributed by atoms with Crippen molar-refractivity contribution < 1.29 is 0 Å². The van der Waals surface area contributed by atoms with E-state index >= 15 is 0 Å². The van der Waals surface area contributed by atoms with Crippen LogP contribution >= 0.6 is 11.8 Å². The van der Waals surface area contributed by atoms with E-state index in [0.717, 1.165) is 5.75 Å². The first-order valence-electron chi connectivity index (χ1n) is 6.36. The lowest BCUT2D eigenvalue weighted by atomic mass is 10.0. The number of hydrogen-bond donors (Lipinski definition) is 1. The summed E-state index contributed by atoms with van der Waals surface area (Å²) >= 11 is 1.98. The lowest BCUT2D eigenvalue weighted by Crippen LogP contribution is -2.17. The van der Waals surface area contributed by atoms with Crippen LogP contribution in [0.25, 0.3) is 0 Å². The van der Waals surface area contributed by atoms with E-state index in [9.17, 15) is 0 Å². The van der Waals surface area contributed by atoms with Crippen molar-refractivity contribution in [2.24, 2.45) is 11.7 Å². The van der Waals surface area contributed by atoms with E-state index in [1.165, 1.54) is 16.7 Å². The number of nitrogens with two attached hydrogens (primary N) is 1. The predicted octanol–water partition coefficient (Wildman–Crippen LogP) is 4.08. The molecule has 0 saturated carbocycles. The number of benzene rings is 1. The van der Waals surface area contributed by atoms with E-state index in [0.29, 0.717) is 11.2 Å². The molecule has 0 spiro atoms. The molecule has 0 saturated heterocycles. The lowest BCUT2D eigenvalue weighted by Gasteiger charge is -2.19. The van der Waals surface area contributed by atoms with Gasteiger partial charge < -0.3 is 5.73 Å². The van der Waals surface area contributed by atoms with Crippen molar-refractivity contribution in [3.63, 3.8) is 0 Å². The Balaban J connectivity index is 2.61. The minimum Gasteiger partial charge on any atom is -0.323 e. The topological polar surface area (TPSA) is 26.0 Å². The molecule has 2 N–H and O–H groups in total. The van der Waals surface area contributed by atoms with Crippen LogP contribution in [0.5, 0.6) is 0 Å². The van der Waals surface area contributed by atoms with Gasteiger partial charge in [0.05, 0.1) is 0 Å². The monoisotopic (exact) mass is 251 g/mol. The molecule has 0 amide bonds. The summed E-state index contributed by atoms with van der Waals surface area (Å²) in [5.74, 6) is 1.72. The molecule has 0 bridgehead atoms. The van der Waals surface area contributed by atoms with Gasteiger partial charge in [-0.2, -0.15) is 11.8 Å². The minimum absolute atomic E-state index is 0.154. The van der Waals surface area contributed by atoms with Crippen LogP contribution in [0, 0.1) is 19.8 Å². The average Bonchev–Trinajstić information content (AvgIpc) is 2.25. The summed E-state index contributed by atoms with van der Waals surface area (Å²) in [6, 6.07) is 6.70. The van der Waals surface area contributed by atoms with Crippen molar-refractivity contribution in [3.05, 3.63) is 34.9 Å². The SMILES string of the molecule is Cc1ccc(C(N)CSC(C)C(C)C)c(C)c1. The van der Waals surface area contributed by atoms with Crippen molar-refractivity contribution >= 4 is 11.8 Å². The fraction of sp³-hybridized carbons (Fsp3) is 0.600. The van der Waals surface area contributed by atoms with Gasteiger partial charge in [0.25, 0.3) is 0 Å². The molecule has 1 aromatic rings. The minimum atomic E-state index is 0.154. The molecule has 1 rings (SSSR count). The van der Waals surface area contributed by atoms with Crippen LogP contribution in [0.4, 0.5) is 0 Å². The van der Waals surface area contributed by atoms with Crippen molar-refractivity contribution in [1.29, 1.82) is 0 Å². The third-order valence-corrected chi connectivity index (χ3v) is 4.92. The van der Waals surface area contributed by atoms with E-state index in [4.69, 9.17) is 5.73 Å². The molecule has 0 radical (unpaired) electrons. The van der Waals surface area contributed by atoms with E-state index in [1.807, 2.05) is 11.8 Å². The van der Waals surface area contributed by atoms with Crippen LogP contribution in [0.15, 0.2) is 18.2 Å². The maximum absolute atomic E-state index is 6.27. The summed E-state index contributed by atoms with van der Waals surface area (Å²) in [4.78, 5) is 0. The quantitative estimate of drug-likeness (QED) is 0.853. The molecule has 0 fully saturated rings. The fourth-order valence-corrected chi connectivity index (χ4v) is 2.85. The zero-order chi connectivity index (χ0) is 13.0. The van der Waals surface area contributed by atoms with Gasteiger partial charge in [-0.25, -0.2) is 0 Å². The third kappa shape index (κ3) is 4.36. The van der Waals surface area contributed by atoms with Gasteiger partial charge in [0.2, 0.25) is 0 Å². The Morgan fingerprint density at radius 1 is 1.18 bits per heavy atom. The zero-order valence-electron chi connectivity index (χ0n) is 11.7. The second-order valence-corrected chi connectivity index (χ2v) is 6.66. The molecule has 0 aliphatic heterocycles. The maximum Gasteiger partial charge on any atom is 0.0389 e. The molecule has 2 unspecified atom stereocenters. The molecule has 0 aromatic heterocycles. The molecular formula is C15H25NS. The molecule has 0 heterocycles. The van der Waals surface area contributed by atoms with E-state index in [-0.39, 0.29) is 6.04 Å². The Morgan fingerprint density at radius 2 is 1.82 bits per heavy atom. The summed E-state index contributed by atoms with van der Waals surface area (Å²) in [5, 5.41) is 0.673. The molecule has 0 aliphatic rings. The van der Waals surface area contributed by atoms with Gasteiger partial charge in [-0.1, -0.05) is 44.5 Å². The van der Waals surface area contributed by atoms with Gasteiger partial charge in [-0.3, -0.25) is 0 Å². The largest absolute Gasteiger partial charge is 0.323 e. The van der Waals surface area contributed by atoms with Crippen molar-refractivity contribution in [1.82, 2.24) is 0 Å². The lowest BCUT2D eigenvalue weighted by molar-refractivity contribution is 0.640. The number of thioether (sulfide) groups is 1. The summed E-state index contributed by atoms with van der Waals surface area (Å²) in [5.41, 5.74) is 10.2. The smallest absolute Gasteiger partial charge is 0.0389 e. The summed E-state index contributed by atoms with van der Waals surface area (Å²) < 4.78 is 0. The summed E-state index contributed by atoms with van der Waals surface area (Å²) in [7, 11) is 0. The fourth-order valence-electron chi connectivity index (χ4n) is 1.78. The normalized spacial score (nSPS) is 15.0. The van der Waals surface area contributed by atoms with E-state index in [1.54, 1.807) is 0 Å².